The summed E-state index contributed by atoms with van der Waals surface area (Å²) in [6, 6.07) is 11.0. The summed E-state index contributed by atoms with van der Waals surface area (Å²) in [7, 11) is -3.54. The van der Waals surface area contributed by atoms with Gasteiger partial charge in [-0.2, -0.15) is 0 Å². The largest absolute Gasteiger partial charge is 0.462 e. The number of carbonyl (C=O) groups is 2. The average Bonchev–Trinajstić information content (AvgIpc) is 3.09. The maximum Gasteiger partial charge on any atom is 0.338 e. The standard InChI is InChI=1S/C19H18N2O5S2/c1-3-26-18(23)12-9-10-14-15(11-12)27-19(20-14)21-17(22)13-7-5-6-8-16(13)28(24,25)4-2/h5-11H,3-4H2,1-2H3,(H,20,21,22). The summed E-state index contributed by atoms with van der Waals surface area (Å²) in [6.07, 6.45) is 0. The zero-order valence-corrected chi connectivity index (χ0v) is 16.9. The number of hydrogen-bond donors (Lipinski definition) is 1. The number of ether oxygens (including phenoxy) is 1. The lowest BCUT2D eigenvalue weighted by atomic mass is 10.2. The molecule has 0 radical (unpaired) electrons. The Morgan fingerprint density at radius 2 is 1.89 bits per heavy atom. The third kappa shape index (κ3) is 4.05. The Hall–Kier alpha value is -2.78. The van der Waals surface area contributed by atoms with Gasteiger partial charge in [0.2, 0.25) is 0 Å². The van der Waals surface area contributed by atoms with Gasteiger partial charge in [-0.3, -0.25) is 10.1 Å². The molecule has 1 N–H and O–H groups in total. The highest BCUT2D eigenvalue weighted by atomic mass is 32.2. The number of fused-ring (bicyclic) bond motifs is 1. The second kappa shape index (κ2) is 8.07. The summed E-state index contributed by atoms with van der Waals surface area (Å²) in [5, 5.41) is 2.96. The van der Waals surface area contributed by atoms with E-state index in [0.29, 0.717) is 20.9 Å². The average molecular weight is 418 g/mol. The van der Waals surface area contributed by atoms with Crippen LogP contribution in [0.3, 0.4) is 0 Å². The molecule has 7 nitrogen and oxygen atoms in total. The molecule has 0 saturated heterocycles. The summed E-state index contributed by atoms with van der Waals surface area (Å²) in [6.45, 7) is 3.53. The van der Waals surface area contributed by atoms with E-state index in [2.05, 4.69) is 10.3 Å². The second-order valence-corrected chi connectivity index (χ2v) is 9.05. The van der Waals surface area contributed by atoms with Crippen LogP contribution in [-0.2, 0) is 14.6 Å². The topological polar surface area (TPSA) is 102 Å². The van der Waals surface area contributed by atoms with Crippen LogP contribution in [0, 0.1) is 0 Å². The van der Waals surface area contributed by atoms with Crippen LogP contribution in [0.4, 0.5) is 5.13 Å². The molecule has 1 heterocycles. The van der Waals surface area contributed by atoms with Crippen LogP contribution in [0.15, 0.2) is 47.4 Å². The number of esters is 1. The van der Waals surface area contributed by atoms with Gasteiger partial charge in [0, 0.05) is 0 Å². The number of nitrogens with zero attached hydrogens (tertiary/aromatic N) is 1. The van der Waals surface area contributed by atoms with E-state index in [4.69, 9.17) is 4.74 Å². The predicted octanol–water partition coefficient (Wildman–Crippen LogP) is 3.52. The van der Waals surface area contributed by atoms with Crippen LogP contribution >= 0.6 is 11.3 Å². The molecule has 0 spiro atoms. The Labute approximate surface area is 166 Å². The van der Waals surface area contributed by atoms with Crippen LogP contribution in [0.25, 0.3) is 10.2 Å². The minimum absolute atomic E-state index is 0.0132. The Morgan fingerprint density at radius 3 is 2.61 bits per heavy atom. The second-order valence-electron chi connectivity index (χ2n) is 5.78. The molecule has 146 valence electrons. The van der Waals surface area contributed by atoms with E-state index < -0.39 is 21.7 Å². The maximum absolute atomic E-state index is 12.7. The van der Waals surface area contributed by atoms with Crippen molar-refractivity contribution in [2.45, 2.75) is 18.7 Å². The van der Waals surface area contributed by atoms with E-state index in [-0.39, 0.29) is 22.8 Å². The van der Waals surface area contributed by atoms with Crippen molar-refractivity contribution in [3.05, 3.63) is 53.6 Å². The van der Waals surface area contributed by atoms with Crippen LogP contribution in [0.2, 0.25) is 0 Å². The van der Waals surface area contributed by atoms with Crippen LogP contribution in [-0.4, -0.2) is 37.6 Å². The highest BCUT2D eigenvalue weighted by Gasteiger charge is 2.21. The minimum Gasteiger partial charge on any atom is -0.462 e. The Balaban J connectivity index is 1.89. The summed E-state index contributed by atoms with van der Waals surface area (Å²) in [5.41, 5.74) is 1.08. The fourth-order valence-corrected chi connectivity index (χ4v) is 4.56. The van der Waals surface area contributed by atoms with Gasteiger partial charge in [0.1, 0.15) is 0 Å². The van der Waals surface area contributed by atoms with Crippen molar-refractivity contribution < 1.29 is 22.7 Å². The zero-order valence-electron chi connectivity index (χ0n) is 15.3. The number of thiazole rings is 1. The molecule has 3 aromatic rings. The van der Waals surface area contributed by atoms with E-state index in [1.165, 1.54) is 30.4 Å². The highest BCUT2D eigenvalue weighted by molar-refractivity contribution is 7.91. The number of hydrogen-bond acceptors (Lipinski definition) is 7. The Bertz CT molecular complexity index is 1150. The van der Waals surface area contributed by atoms with Gasteiger partial charge in [0.25, 0.3) is 5.91 Å². The summed E-state index contributed by atoms with van der Waals surface area (Å²) >= 11 is 1.19. The molecule has 1 aromatic heterocycles. The van der Waals surface area contributed by atoms with E-state index in [1.54, 1.807) is 37.3 Å². The molecule has 0 aliphatic carbocycles. The Morgan fingerprint density at radius 1 is 1.14 bits per heavy atom. The normalized spacial score (nSPS) is 11.4. The van der Waals surface area contributed by atoms with Gasteiger partial charge in [-0.1, -0.05) is 30.4 Å². The molecule has 28 heavy (non-hydrogen) atoms. The number of carbonyl (C=O) groups excluding carboxylic acids is 2. The molecule has 1 amide bonds. The number of amides is 1. The molecule has 0 saturated carbocycles. The predicted molar refractivity (Wildman–Crippen MR) is 108 cm³/mol. The summed E-state index contributed by atoms with van der Waals surface area (Å²) in [5.74, 6) is -1.09. The number of nitrogens with one attached hydrogen (secondary N) is 1. The lowest BCUT2D eigenvalue weighted by Gasteiger charge is -2.08. The lowest BCUT2D eigenvalue weighted by Crippen LogP contribution is -2.17. The first-order valence-electron chi connectivity index (χ1n) is 8.56. The lowest BCUT2D eigenvalue weighted by molar-refractivity contribution is 0.0526. The number of aromatic nitrogens is 1. The summed E-state index contributed by atoms with van der Waals surface area (Å²) < 4.78 is 30.2. The van der Waals surface area contributed by atoms with Gasteiger partial charge in [-0.15, -0.1) is 0 Å². The Kier molecular flexibility index (Phi) is 5.76. The molecule has 3 rings (SSSR count). The molecular weight excluding hydrogens is 400 g/mol. The van der Waals surface area contributed by atoms with Crippen LogP contribution < -0.4 is 5.32 Å². The molecular formula is C19H18N2O5S2. The summed E-state index contributed by atoms with van der Waals surface area (Å²) in [4.78, 5) is 28.8. The maximum atomic E-state index is 12.7. The smallest absolute Gasteiger partial charge is 0.338 e. The quantitative estimate of drug-likeness (QED) is 0.615. The molecule has 2 aromatic carbocycles. The zero-order chi connectivity index (χ0) is 20.3. The van der Waals surface area contributed by atoms with Gasteiger partial charge < -0.3 is 4.74 Å². The molecule has 0 bridgehead atoms. The van der Waals surface area contributed by atoms with E-state index in [9.17, 15) is 18.0 Å². The van der Waals surface area contributed by atoms with Crippen molar-refractivity contribution in [2.24, 2.45) is 0 Å². The highest BCUT2D eigenvalue weighted by Crippen LogP contribution is 2.28. The molecule has 0 fully saturated rings. The number of sulfone groups is 1. The van der Waals surface area contributed by atoms with Gasteiger partial charge in [0.15, 0.2) is 15.0 Å². The van der Waals surface area contributed by atoms with Gasteiger partial charge in [-0.25, -0.2) is 18.2 Å². The number of rotatable bonds is 6. The van der Waals surface area contributed by atoms with Crippen molar-refractivity contribution >= 4 is 48.4 Å². The fourth-order valence-electron chi connectivity index (χ4n) is 2.56. The van der Waals surface area contributed by atoms with Gasteiger partial charge in [0.05, 0.1) is 38.6 Å². The van der Waals surface area contributed by atoms with Crippen LogP contribution in [0.5, 0.6) is 0 Å². The minimum atomic E-state index is -3.54. The van der Waals surface area contributed by atoms with Gasteiger partial charge in [-0.05, 0) is 37.3 Å². The first-order valence-corrected chi connectivity index (χ1v) is 11.0. The third-order valence-corrected chi connectivity index (χ3v) is 6.69. The van der Waals surface area contributed by atoms with E-state index in [1.807, 2.05) is 0 Å². The van der Waals surface area contributed by atoms with Crippen molar-refractivity contribution in [3.8, 4) is 0 Å². The van der Waals surface area contributed by atoms with Gasteiger partial charge >= 0.3 is 5.97 Å². The number of benzene rings is 2. The van der Waals surface area contributed by atoms with Crippen molar-refractivity contribution in [1.82, 2.24) is 4.98 Å². The molecule has 0 aliphatic heterocycles. The molecule has 9 heteroatoms. The van der Waals surface area contributed by atoms with Crippen molar-refractivity contribution in [3.63, 3.8) is 0 Å². The fraction of sp³-hybridized carbons (Fsp3) is 0.211. The molecule has 0 aliphatic rings. The van der Waals surface area contributed by atoms with Crippen molar-refractivity contribution in [1.29, 1.82) is 0 Å². The third-order valence-electron chi connectivity index (χ3n) is 3.97. The monoisotopic (exact) mass is 418 g/mol. The number of anilines is 1. The first kappa shape index (κ1) is 20.0. The molecule has 0 atom stereocenters. The first-order chi connectivity index (χ1) is 13.4. The van der Waals surface area contributed by atoms with Crippen molar-refractivity contribution in [2.75, 3.05) is 17.7 Å². The molecule has 0 unspecified atom stereocenters. The van der Waals surface area contributed by atoms with E-state index >= 15 is 0 Å². The van der Waals surface area contributed by atoms with Crippen LogP contribution in [0.1, 0.15) is 34.6 Å². The SMILES string of the molecule is CCOC(=O)c1ccc2nc(NC(=O)c3ccccc3S(=O)(=O)CC)sc2c1. The van der Waals surface area contributed by atoms with E-state index in [0.717, 1.165) is 0 Å².